The normalized spacial score (nSPS) is 19.3. The standard InChI is InChI=1S/C13H26N2O.ClH/c1-10(2)9-12(14)13(16)15-11-7-5-3-4-6-8-11;/h10-12H,3-9,14H2,1-2H3,(H,15,16);1H/t12-;/m0./s1. The molecule has 17 heavy (non-hydrogen) atoms. The number of nitrogens with one attached hydrogen (secondary N) is 1. The molecule has 3 N–H and O–H groups in total. The van der Waals surface area contributed by atoms with Crippen LogP contribution in [0.5, 0.6) is 0 Å². The van der Waals surface area contributed by atoms with Crippen molar-refractivity contribution in [2.45, 2.75) is 70.9 Å². The molecule has 1 atom stereocenters. The van der Waals surface area contributed by atoms with Crippen LogP contribution in [0.15, 0.2) is 0 Å². The minimum absolute atomic E-state index is 0. The van der Waals surface area contributed by atoms with Crippen molar-refractivity contribution in [1.82, 2.24) is 5.32 Å². The molecule has 0 bridgehead atoms. The monoisotopic (exact) mass is 262 g/mol. The van der Waals surface area contributed by atoms with Crippen molar-refractivity contribution in [3.63, 3.8) is 0 Å². The van der Waals surface area contributed by atoms with Gasteiger partial charge in [-0.15, -0.1) is 12.4 Å². The van der Waals surface area contributed by atoms with Gasteiger partial charge >= 0.3 is 0 Å². The van der Waals surface area contributed by atoms with Gasteiger partial charge in [0.1, 0.15) is 0 Å². The Kier molecular flexibility index (Phi) is 8.61. The molecule has 1 aliphatic rings. The van der Waals surface area contributed by atoms with Gasteiger partial charge in [-0.3, -0.25) is 4.79 Å². The molecular weight excluding hydrogens is 236 g/mol. The number of carbonyl (C=O) groups is 1. The van der Waals surface area contributed by atoms with E-state index in [4.69, 9.17) is 5.73 Å². The van der Waals surface area contributed by atoms with Gasteiger partial charge in [0.25, 0.3) is 0 Å². The van der Waals surface area contributed by atoms with E-state index >= 15 is 0 Å². The molecule has 0 spiro atoms. The first-order valence-electron chi connectivity index (χ1n) is 6.65. The Morgan fingerprint density at radius 1 is 1.24 bits per heavy atom. The predicted molar refractivity (Wildman–Crippen MR) is 74.3 cm³/mol. The van der Waals surface area contributed by atoms with Crippen molar-refractivity contribution in [2.24, 2.45) is 11.7 Å². The number of hydrogen-bond donors (Lipinski definition) is 2. The molecule has 0 radical (unpaired) electrons. The molecule has 0 aromatic rings. The van der Waals surface area contributed by atoms with Crippen LogP contribution in [0.2, 0.25) is 0 Å². The average Bonchev–Trinajstić information content (AvgIpc) is 2.45. The van der Waals surface area contributed by atoms with E-state index in [1.165, 1.54) is 25.7 Å². The van der Waals surface area contributed by atoms with E-state index in [-0.39, 0.29) is 24.4 Å². The maximum Gasteiger partial charge on any atom is 0.237 e. The van der Waals surface area contributed by atoms with Gasteiger partial charge in [0.2, 0.25) is 5.91 Å². The van der Waals surface area contributed by atoms with Crippen molar-refractivity contribution in [3.05, 3.63) is 0 Å². The molecule has 1 aliphatic carbocycles. The molecule has 4 heteroatoms. The summed E-state index contributed by atoms with van der Waals surface area (Å²) in [7, 11) is 0. The molecule has 0 aromatic heterocycles. The predicted octanol–water partition coefficient (Wildman–Crippen LogP) is 2.62. The van der Waals surface area contributed by atoms with Gasteiger partial charge in [-0.2, -0.15) is 0 Å². The smallest absolute Gasteiger partial charge is 0.237 e. The summed E-state index contributed by atoms with van der Waals surface area (Å²) in [6, 6.07) is 0.0384. The summed E-state index contributed by atoms with van der Waals surface area (Å²) in [4.78, 5) is 11.8. The van der Waals surface area contributed by atoms with Crippen molar-refractivity contribution < 1.29 is 4.79 Å². The van der Waals surface area contributed by atoms with Crippen LogP contribution in [0.1, 0.15) is 58.8 Å². The van der Waals surface area contributed by atoms with Crippen LogP contribution >= 0.6 is 12.4 Å². The van der Waals surface area contributed by atoms with E-state index in [1.54, 1.807) is 0 Å². The first-order valence-corrected chi connectivity index (χ1v) is 6.65. The molecule has 1 saturated carbocycles. The van der Waals surface area contributed by atoms with Gasteiger partial charge in [-0.25, -0.2) is 0 Å². The lowest BCUT2D eigenvalue weighted by Gasteiger charge is -2.20. The first kappa shape index (κ1) is 16.7. The van der Waals surface area contributed by atoms with Crippen molar-refractivity contribution >= 4 is 18.3 Å². The third kappa shape index (κ3) is 6.89. The van der Waals surface area contributed by atoms with Crippen molar-refractivity contribution in [3.8, 4) is 0 Å². The highest BCUT2D eigenvalue weighted by atomic mass is 35.5. The fraction of sp³-hybridized carbons (Fsp3) is 0.923. The van der Waals surface area contributed by atoms with Crippen LogP contribution in [0.4, 0.5) is 0 Å². The Morgan fingerprint density at radius 3 is 2.24 bits per heavy atom. The van der Waals surface area contributed by atoms with Crippen LogP contribution in [0, 0.1) is 5.92 Å². The highest BCUT2D eigenvalue weighted by Gasteiger charge is 2.19. The molecule has 1 amide bonds. The first-order chi connectivity index (χ1) is 7.59. The SMILES string of the molecule is CC(C)C[C@H](N)C(=O)NC1CCCCCC1.Cl. The average molecular weight is 263 g/mol. The highest BCUT2D eigenvalue weighted by Crippen LogP contribution is 2.17. The molecule has 0 aromatic carbocycles. The van der Waals surface area contributed by atoms with E-state index in [1.807, 2.05) is 0 Å². The second-order valence-corrected chi connectivity index (χ2v) is 5.43. The van der Waals surface area contributed by atoms with Gasteiger partial charge in [0.05, 0.1) is 6.04 Å². The van der Waals surface area contributed by atoms with Gasteiger partial charge in [0, 0.05) is 6.04 Å². The fourth-order valence-electron chi connectivity index (χ4n) is 2.35. The van der Waals surface area contributed by atoms with E-state index in [0.717, 1.165) is 19.3 Å². The molecule has 0 unspecified atom stereocenters. The zero-order chi connectivity index (χ0) is 12.0. The van der Waals surface area contributed by atoms with Crippen LogP contribution in [-0.4, -0.2) is 18.0 Å². The lowest BCUT2D eigenvalue weighted by molar-refractivity contribution is -0.123. The second kappa shape index (κ2) is 8.76. The second-order valence-electron chi connectivity index (χ2n) is 5.43. The molecule has 0 heterocycles. The molecule has 1 fully saturated rings. The van der Waals surface area contributed by atoms with Gasteiger partial charge in [0.15, 0.2) is 0 Å². The zero-order valence-electron chi connectivity index (χ0n) is 11.1. The minimum Gasteiger partial charge on any atom is -0.352 e. The number of carbonyl (C=O) groups excluding carboxylic acids is 1. The van der Waals surface area contributed by atoms with Gasteiger partial charge in [-0.05, 0) is 25.2 Å². The Balaban J connectivity index is 0.00000256. The topological polar surface area (TPSA) is 55.1 Å². The Labute approximate surface area is 111 Å². The van der Waals surface area contributed by atoms with Crippen LogP contribution in [0.3, 0.4) is 0 Å². The minimum atomic E-state index is -0.330. The third-order valence-corrected chi connectivity index (χ3v) is 3.26. The Morgan fingerprint density at radius 2 is 1.76 bits per heavy atom. The van der Waals surface area contributed by atoms with Gasteiger partial charge < -0.3 is 11.1 Å². The van der Waals surface area contributed by atoms with E-state index < -0.39 is 0 Å². The van der Waals surface area contributed by atoms with Crippen LogP contribution in [0.25, 0.3) is 0 Å². The Hall–Kier alpha value is -0.280. The van der Waals surface area contributed by atoms with Crippen LogP contribution < -0.4 is 11.1 Å². The number of amides is 1. The van der Waals surface area contributed by atoms with E-state index in [9.17, 15) is 4.79 Å². The zero-order valence-corrected chi connectivity index (χ0v) is 11.9. The van der Waals surface area contributed by atoms with Gasteiger partial charge in [-0.1, -0.05) is 39.5 Å². The maximum atomic E-state index is 11.8. The van der Waals surface area contributed by atoms with Crippen LogP contribution in [-0.2, 0) is 4.79 Å². The summed E-state index contributed by atoms with van der Waals surface area (Å²) in [6.07, 6.45) is 8.13. The lowest BCUT2D eigenvalue weighted by Crippen LogP contribution is -2.45. The summed E-state index contributed by atoms with van der Waals surface area (Å²) in [5.41, 5.74) is 5.86. The summed E-state index contributed by atoms with van der Waals surface area (Å²) < 4.78 is 0. The van der Waals surface area contributed by atoms with Crippen molar-refractivity contribution in [2.75, 3.05) is 0 Å². The molecule has 1 rings (SSSR count). The maximum absolute atomic E-state index is 11.8. The molecule has 102 valence electrons. The molecule has 0 aliphatic heterocycles. The summed E-state index contributed by atoms with van der Waals surface area (Å²) >= 11 is 0. The number of nitrogens with two attached hydrogens (primary N) is 1. The largest absolute Gasteiger partial charge is 0.352 e. The highest BCUT2D eigenvalue weighted by molar-refractivity contribution is 5.85. The lowest BCUT2D eigenvalue weighted by atomic mass is 10.0. The summed E-state index contributed by atoms with van der Waals surface area (Å²) in [5, 5.41) is 3.10. The molecule has 0 saturated heterocycles. The van der Waals surface area contributed by atoms with E-state index in [0.29, 0.717) is 12.0 Å². The van der Waals surface area contributed by atoms with Crippen molar-refractivity contribution in [1.29, 1.82) is 0 Å². The van der Waals surface area contributed by atoms with E-state index in [2.05, 4.69) is 19.2 Å². The number of hydrogen-bond acceptors (Lipinski definition) is 2. The number of rotatable bonds is 4. The fourth-order valence-corrected chi connectivity index (χ4v) is 2.35. The summed E-state index contributed by atoms with van der Waals surface area (Å²) in [6.45, 7) is 4.19. The molecule has 3 nitrogen and oxygen atoms in total. The quantitative estimate of drug-likeness (QED) is 0.766. The molecular formula is C13H27ClN2O. The summed E-state index contributed by atoms with van der Waals surface area (Å²) in [5.74, 6) is 0.524. The number of halogens is 1. The Bertz CT molecular complexity index is 213. The third-order valence-electron chi connectivity index (χ3n) is 3.26.